The van der Waals surface area contributed by atoms with E-state index in [9.17, 15) is 4.39 Å². The first-order valence-corrected chi connectivity index (χ1v) is 10.1. The SMILES string of the molecule is CN=C(NCc1cccc(OCCN(C)C)c1)NCC1(c2cccc(F)c2)CC1.I. The molecule has 2 aromatic rings. The van der Waals surface area contributed by atoms with Gasteiger partial charge in [0.1, 0.15) is 18.2 Å². The van der Waals surface area contributed by atoms with Crippen molar-refractivity contribution in [2.24, 2.45) is 4.99 Å². The Hall–Kier alpha value is -1.87. The Morgan fingerprint density at radius 3 is 2.57 bits per heavy atom. The standard InChI is InChI=1S/C23H31FN4O.HI/c1-25-22(27-17-23(10-11-23)19-7-5-8-20(24)15-19)26-16-18-6-4-9-21(14-18)29-13-12-28(2)3;/h4-9,14-15H,10-13,16-17H2,1-3H3,(H2,25,26,27);1H. The molecule has 7 heteroatoms. The van der Waals surface area contributed by atoms with Crippen LogP contribution in [0.5, 0.6) is 5.75 Å². The van der Waals surface area contributed by atoms with Crippen LogP contribution in [0.2, 0.25) is 0 Å². The predicted molar refractivity (Wildman–Crippen MR) is 131 cm³/mol. The number of rotatable bonds is 9. The van der Waals surface area contributed by atoms with E-state index < -0.39 is 0 Å². The van der Waals surface area contributed by atoms with Gasteiger partial charge in [0.15, 0.2) is 5.96 Å². The molecule has 164 valence electrons. The van der Waals surface area contributed by atoms with Crippen molar-refractivity contribution >= 4 is 29.9 Å². The van der Waals surface area contributed by atoms with E-state index >= 15 is 0 Å². The van der Waals surface area contributed by atoms with E-state index in [1.54, 1.807) is 19.2 Å². The Morgan fingerprint density at radius 1 is 1.13 bits per heavy atom. The molecule has 30 heavy (non-hydrogen) atoms. The number of benzene rings is 2. The summed E-state index contributed by atoms with van der Waals surface area (Å²) < 4.78 is 19.4. The highest BCUT2D eigenvalue weighted by atomic mass is 127. The van der Waals surface area contributed by atoms with Gasteiger partial charge >= 0.3 is 0 Å². The molecule has 2 aromatic carbocycles. The van der Waals surface area contributed by atoms with Crippen molar-refractivity contribution in [2.75, 3.05) is 40.8 Å². The molecule has 0 amide bonds. The molecule has 3 rings (SSSR count). The van der Waals surface area contributed by atoms with Crippen LogP contribution in [-0.2, 0) is 12.0 Å². The Kier molecular flexibility index (Phi) is 9.36. The van der Waals surface area contributed by atoms with Gasteiger partial charge in [0, 0.05) is 32.1 Å². The first kappa shape index (κ1) is 24.4. The molecule has 0 aromatic heterocycles. The van der Waals surface area contributed by atoms with Gasteiger partial charge in [-0.2, -0.15) is 0 Å². The molecule has 5 nitrogen and oxygen atoms in total. The number of likely N-dealkylation sites (N-methyl/N-ethyl adjacent to an activating group) is 1. The van der Waals surface area contributed by atoms with E-state index in [1.807, 2.05) is 38.4 Å². The predicted octanol–water partition coefficient (Wildman–Crippen LogP) is 3.78. The zero-order valence-corrected chi connectivity index (χ0v) is 20.3. The van der Waals surface area contributed by atoms with Gasteiger partial charge in [0.2, 0.25) is 0 Å². The largest absolute Gasteiger partial charge is 0.492 e. The summed E-state index contributed by atoms with van der Waals surface area (Å²) in [5.74, 6) is 1.44. The van der Waals surface area contributed by atoms with E-state index in [-0.39, 0.29) is 35.2 Å². The van der Waals surface area contributed by atoms with Crippen LogP contribution in [0.4, 0.5) is 4.39 Å². The molecule has 0 spiro atoms. The van der Waals surface area contributed by atoms with Gasteiger partial charge < -0.3 is 20.3 Å². The van der Waals surface area contributed by atoms with Crippen molar-refractivity contribution in [3.63, 3.8) is 0 Å². The van der Waals surface area contributed by atoms with Crippen LogP contribution < -0.4 is 15.4 Å². The van der Waals surface area contributed by atoms with E-state index in [0.717, 1.165) is 48.8 Å². The van der Waals surface area contributed by atoms with E-state index in [0.29, 0.717) is 13.2 Å². The van der Waals surface area contributed by atoms with Crippen LogP contribution in [0.1, 0.15) is 24.0 Å². The zero-order valence-electron chi connectivity index (χ0n) is 18.0. The van der Waals surface area contributed by atoms with Crippen molar-refractivity contribution in [2.45, 2.75) is 24.8 Å². The molecule has 0 radical (unpaired) electrons. The number of nitrogens with one attached hydrogen (secondary N) is 2. The van der Waals surface area contributed by atoms with Gasteiger partial charge in [-0.15, -0.1) is 24.0 Å². The lowest BCUT2D eigenvalue weighted by Crippen LogP contribution is -2.40. The highest BCUT2D eigenvalue weighted by Crippen LogP contribution is 2.47. The lowest BCUT2D eigenvalue weighted by Gasteiger charge is -2.19. The van der Waals surface area contributed by atoms with Crippen LogP contribution >= 0.6 is 24.0 Å². The minimum absolute atomic E-state index is 0. The number of halogens is 2. The number of ether oxygens (including phenoxy) is 1. The summed E-state index contributed by atoms with van der Waals surface area (Å²) in [7, 11) is 5.82. The fourth-order valence-electron chi connectivity index (χ4n) is 3.29. The average Bonchev–Trinajstić information content (AvgIpc) is 3.49. The molecular formula is C23H32FIN4O. The van der Waals surface area contributed by atoms with Crippen molar-refractivity contribution in [3.05, 3.63) is 65.5 Å². The zero-order chi connectivity index (χ0) is 20.7. The van der Waals surface area contributed by atoms with Gasteiger partial charge in [0.25, 0.3) is 0 Å². The lowest BCUT2D eigenvalue weighted by atomic mass is 9.96. The van der Waals surface area contributed by atoms with Crippen molar-refractivity contribution in [1.29, 1.82) is 0 Å². The molecule has 0 aliphatic heterocycles. The number of nitrogens with zero attached hydrogens (tertiary/aromatic N) is 2. The molecule has 1 aliphatic rings. The first-order valence-electron chi connectivity index (χ1n) is 10.1. The summed E-state index contributed by atoms with van der Waals surface area (Å²) >= 11 is 0. The second-order valence-corrected chi connectivity index (χ2v) is 7.87. The van der Waals surface area contributed by atoms with E-state index in [2.05, 4.69) is 26.6 Å². The quantitative estimate of drug-likeness (QED) is 0.297. The highest BCUT2D eigenvalue weighted by Gasteiger charge is 2.44. The summed E-state index contributed by atoms with van der Waals surface area (Å²) in [4.78, 5) is 6.41. The van der Waals surface area contributed by atoms with Gasteiger partial charge in [-0.05, 0) is 62.3 Å². The second-order valence-electron chi connectivity index (χ2n) is 7.87. The summed E-state index contributed by atoms with van der Waals surface area (Å²) in [5.41, 5.74) is 2.20. The Labute approximate surface area is 196 Å². The summed E-state index contributed by atoms with van der Waals surface area (Å²) in [6, 6.07) is 15.0. The van der Waals surface area contributed by atoms with Crippen molar-refractivity contribution in [3.8, 4) is 5.75 Å². The number of aliphatic imine (C=N–C) groups is 1. The average molecular weight is 526 g/mol. The van der Waals surface area contributed by atoms with Crippen LogP contribution in [0.3, 0.4) is 0 Å². The van der Waals surface area contributed by atoms with Gasteiger partial charge in [0.05, 0.1) is 0 Å². The number of guanidine groups is 1. The lowest BCUT2D eigenvalue weighted by molar-refractivity contribution is 0.261. The summed E-state index contributed by atoms with van der Waals surface area (Å²) in [6.45, 7) is 2.93. The maximum Gasteiger partial charge on any atom is 0.191 e. The fourth-order valence-corrected chi connectivity index (χ4v) is 3.29. The molecule has 1 saturated carbocycles. The van der Waals surface area contributed by atoms with E-state index in [4.69, 9.17) is 4.74 Å². The molecule has 0 heterocycles. The van der Waals surface area contributed by atoms with Gasteiger partial charge in [-0.3, -0.25) is 4.99 Å². The first-order chi connectivity index (χ1) is 14.0. The molecule has 0 atom stereocenters. The second kappa shape index (κ2) is 11.5. The Morgan fingerprint density at radius 2 is 1.90 bits per heavy atom. The topological polar surface area (TPSA) is 48.9 Å². The van der Waals surface area contributed by atoms with Crippen LogP contribution in [0, 0.1) is 5.82 Å². The Balaban J connectivity index is 0.00000320. The maximum absolute atomic E-state index is 13.6. The van der Waals surface area contributed by atoms with Gasteiger partial charge in [-0.1, -0.05) is 24.3 Å². The minimum Gasteiger partial charge on any atom is -0.492 e. The maximum atomic E-state index is 13.6. The summed E-state index contributed by atoms with van der Waals surface area (Å²) in [6.07, 6.45) is 2.12. The Bertz CT molecular complexity index is 839. The normalized spacial score (nSPS) is 14.8. The van der Waals surface area contributed by atoms with Crippen molar-refractivity contribution < 1.29 is 9.13 Å². The molecule has 1 fully saturated rings. The number of hydrogen-bond donors (Lipinski definition) is 2. The van der Waals surface area contributed by atoms with Gasteiger partial charge in [-0.25, -0.2) is 4.39 Å². The van der Waals surface area contributed by atoms with Crippen molar-refractivity contribution in [1.82, 2.24) is 15.5 Å². The highest BCUT2D eigenvalue weighted by molar-refractivity contribution is 14.0. The molecule has 0 bridgehead atoms. The molecule has 0 saturated heterocycles. The monoisotopic (exact) mass is 526 g/mol. The molecule has 1 aliphatic carbocycles. The third-order valence-electron chi connectivity index (χ3n) is 5.27. The molecular weight excluding hydrogens is 494 g/mol. The third-order valence-corrected chi connectivity index (χ3v) is 5.27. The van der Waals surface area contributed by atoms with Crippen LogP contribution in [0.25, 0.3) is 0 Å². The third kappa shape index (κ3) is 7.12. The van der Waals surface area contributed by atoms with E-state index in [1.165, 1.54) is 6.07 Å². The molecule has 2 N–H and O–H groups in total. The minimum atomic E-state index is -0.177. The van der Waals surface area contributed by atoms with Crippen LogP contribution in [-0.4, -0.2) is 51.7 Å². The fraction of sp³-hybridized carbons (Fsp3) is 0.435. The number of hydrogen-bond acceptors (Lipinski definition) is 3. The molecule has 0 unspecified atom stereocenters. The smallest absolute Gasteiger partial charge is 0.191 e. The van der Waals surface area contributed by atoms with Crippen LogP contribution in [0.15, 0.2) is 53.5 Å². The summed E-state index contributed by atoms with van der Waals surface area (Å²) in [5, 5.41) is 6.75.